The summed E-state index contributed by atoms with van der Waals surface area (Å²) in [5.41, 5.74) is 3.79. The molecule has 3 fully saturated rings. The quantitative estimate of drug-likeness (QED) is 0.492. The molecule has 3 heterocycles. The van der Waals surface area contributed by atoms with Crippen molar-refractivity contribution < 1.29 is 23.0 Å². The van der Waals surface area contributed by atoms with Crippen molar-refractivity contribution in [1.29, 1.82) is 0 Å². The highest BCUT2D eigenvalue weighted by molar-refractivity contribution is 6.01. The molecule has 2 aliphatic heterocycles. The van der Waals surface area contributed by atoms with Crippen molar-refractivity contribution in [2.24, 2.45) is 0 Å². The van der Waals surface area contributed by atoms with Crippen molar-refractivity contribution in [3.8, 4) is 11.3 Å². The van der Waals surface area contributed by atoms with Crippen LogP contribution in [0.1, 0.15) is 36.0 Å². The van der Waals surface area contributed by atoms with Crippen LogP contribution in [0, 0.1) is 0 Å². The average Bonchev–Trinajstić information content (AvgIpc) is 3.41. The fourth-order valence-corrected chi connectivity index (χ4v) is 6.10. The Morgan fingerprint density at radius 3 is 2.28 bits per heavy atom. The van der Waals surface area contributed by atoms with Crippen molar-refractivity contribution in [2.45, 2.75) is 37.1 Å². The summed E-state index contributed by atoms with van der Waals surface area (Å²) in [6.07, 6.45) is 0.390. The molecule has 0 radical (unpaired) electrons. The molecule has 3 aliphatic rings. The first-order chi connectivity index (χ1) is 18.9. The molecule has 2 N–H and O–H groups in total. The highest BCUT2D eigenvalue weighted by Crippen LogP contribution is 2.41. The van der Waals surface area contributed by atoms with Crippen molar-refractivity contribution in [3.05, 3.63) is 48.0 Å². The molecule has 0 bridgehead atoms. The SMILES string of the molecule is O=C(NCC1(N2CCOCC2)CCC(F)(F)CC1)c1ccc2[nH]nc(-c3ccc(N4CCOCC4)cc3)c2c1. The summed E-state index contributed by atoms with van der Waals surface area (Å²) in [5, 5.41) is 11.6. The van der Waals surface area contributed by atoms with E-state index >= 15 is 0 Å². The molecule has 1 aromatic heterocycles. The Bertz CT molecular complexity index is 1290. The molecule has 10 heteroatoms. The largest absolute Gasteiger partial charge is 0.379 e. The zero-order valence-electron chi connectivity index (χ0n) is 22.1. The van der Waals surface area contributed by atoms with Gasteiger partial charge in [0.15, 0.2) is 0 Å². The van der Waals surface area contributed by atoms with Gasteiger partial charge < -0.3 is 19.7 Å². The van der Waals surface area contributed by atoms with Gasteiger partial charge in [-0.2, -0.15) is 5.10 Å². The second kappa shape index (κ2) is 10.8. The number of nitrogens with one attached hydrogen (secondary N) is 2. The van der Waals surface area contributed by atoms with Crippen LogP contribution in [0.3, 0.4) is 0 Å². The number of H-pyrrole nitrogens is 1. The van der Waals surface area contributed by atoms with Crippen molar-refractivity contribution in [3.63, 3.8) is 0 Å². The molecule has 0 unspecified atom stereocenters. The number of benzene rings is 2. The van der Waals surface area contributed by atoms with Crippen LogP contribution in [0.25, 0.3) is 22.2 Å². The summed E-state index contributed by atoms with van der Waals surface area (Å²) in [5.74, 6) is -2.85. The Morgan fingerprint density at radius 2 is 1.59 bits per heavy atom. The molecule has 1 aliphatic carbocycles. The Morgan fingerprint density at radius 1 is 0.923 bits per heavy atom. The van der Waals surface area contributed by atoms with Crippen LogP contribution >= 0.6 is 0 Å². The molecule has 0 atom stereocenters. The predicted octanol–water partition coefficient (Wildman–Crippen LogP) is 4.08. The Labute approximate surface area is 226 Å². The average molecular weight is 540 g/mol. The number of alkyl halides is 2. The minimum Gasteiger partial charge on any atom is -0.379 e. The van der Waals surface area contributed by atoms with Crippen LogP contribution < -0.4 is 10.2 Å². The molecular weight excluding hydrogens is 504 g/mol. The second-order valence-electron chi connectivity index (χ2n) is 10.8. The molecular formula is C29H35F2N5O3. The van der Waals surface area contributed by atoms with Gasteiger partial charge in [-0.3, -0.25) is 14.8 Å². The summed E-state index contributed by atoms with van der Waals surface area (Å²) >= 11 is 0. The number of anilines is 1. The van der Waals surface area contributed by atoms with Gasteiger partial charge in [0.1, 0.15) is 0 Å². The fourth-order valence-electron chi connectivity index (χ4n) is 6.10. The summed E-state index contributed by atoms with van der Waals surface area (Å²) in [6.45, 7) is 6.09. The van der Waals surface area contributed by atoms with E-state index in [0.29, 0.717) is 51.3 Å². The fraction of sp³-hybridized carbons (Fsp3) is 0.517. The van der Waals surface area contributed by atoms with Crippen LogP contribution in [0.4, 0.5) is 14.5 Å². The lowest BCUT2D eigenvalue weighted by molar-refractivity contribution is -0.0988. The number of amides is 1. The van der Waals surface area contributed by atoms with Crippen LogP contribution in [-0.4, -0.2) is 91.6 Å². The number of fused-ring (bicyclic) bond motifs is 1. The van der Waals surface area contributed by atoms with Crippen molar-refractivity contribution >= 4 is 22.5 Å². The lowest BCUT2D eigenvalue weighted by Gasteiger charge is -2.49. The number of nitrogens with zero attached hydrogens (tertiary/aromatic N) is 3. The van der Waals surface area contributed by atoms with Gasteiger partial charge in [-0.05, 0) is 43.2 Å². The first kappa shape index (κ1) is 26.2. The normalized spacial score (nSPS) is 21.6. The summed E-state index contributed by atoms with van der Waals surface area (Å²) < 4.78 is 39.0. The zero-order valence-corrected chi connectivity index (χ0v) is 22.1. The smallest absolute Gasteiger partial charge is 0.251 e. The number of rotatable bonds is 6. The second-order valence-corrected chi connectivity index (χ2v) is 10.8. The maximum absolute atomic E-state index is 14.0. The Hall–Kier alpha value is -3.08. The number of halogens is 2. The minimum absolute atomic E-state index is 0.158. The van der Waals surface area contributed by atoms with E-state index in [1.54, 1.807) is 6.07 Å². The van der Waals surface area contributed by atoms with E-state index in [1.165, 1.54) is 0 Å². The van der Waals surface area contributed by atoms with Crippen molar-refractivity contribution in [1.82, 2.24) is 20.4 Å². The molecule has 2 saturated heterocycles. The van der Waals surface area contributed by atoms with Gasteiger partial charge in [0.05, 0.1) is 37.6 Å². The van der Waals surface area contributed by atoms with Gasteiger partial charge in [-0.1, -0.05) is 12.1 Å². The number of aromatic amines is 1. The third-order valence-electron chi connectivity index (χ3n) is 8.51. The molecule has 2 aromatic carbocycles. The number of morpholine rings is 2. The number of carbonyl (C=O) groups excluding carboxylic acids is 1. The van der Waals surface area contributed by atoms with Crippen molar-refractivity contribution in [2.75, 3.05) is 64.1 Å². The van der Waals surface area contributed by atoms with E-state index in [1.807, 2.05) is 12.1 Å². The summed E-state index contributed by atoms with van der Waals surface area (Å²) in [4.78, 5) is 17.9. The van der Waals surface area contributed by atoms with E-state index in [4.69, 9.17) is 9.47 Å². The number of aromatic nitrogens is 2. The molecule has 6 rings (SSSR count). The zero-order chi connectivity index (χ0) is 26.9. The highest BCUT2D eigenvalue weighted by atomic mass is 19.3. The molecule has 3 aromatic rings. The molecule has 1 amide bonds. The van der Waals surface area contributed by atoms with Crippen LogP contribution in [-0.2, 0) is 9.47 Å². The molecule has 39 heavy (non-hydrogen) atoms. The lowest BCUT2D eigenvalue weighted by atomic mass is 9.78. The van der Waals surface area contributed by atoms with Gasteiger partial charge in [-0.25, -0.2) is 8.78 Å². The topological polar surface area (TPSA) is 82.7 Å². The van der Waals surface area contributed by atoms with E-state index in [-0.39, 0.29) is 18.7 Å². The molecule has 0 spiro atoms. The van der Waals surface area contributed by atoms with Crippen LogP contribution in [0.15, 0.2) is 42.5 Å². The maximum Gasteiger partial charge on any atom is 0.251 e. The molecule has 1 saturated carbocycles. The third kappa shape index (κ3) is 5.50. The number of ether oxygens (including phenoxy) is 2. The number of hydrogen-bond acceptors (Lipinski definition) is 6. The van der Waals surface area contributed by atoms with Gasteiger partial charge >= 0.3 is 0 Å². The van der Waals surface area contributed by atoms with E-state index in [2.05, 4.69) is 49.6 Å². The summed E-state index contributed by atoms with van der Waals surface area (Å²) in [6, 6.07) is 13.8. The predicted molar refractivity (Wildman–Crippen MR) is 145 cm³/mol. The van der Waals surface area contributed by atoms with E-state index < -0.39 is 11.5 Å². The van der Waals surface area contributed by atoms with E-state index in [9.17, 15) is 13.6 Å². The van der Waals surface area contributed by atoms with Gasteiger partial charge in [0.25, 0.3) is 5.91 Å². The Kier molecular flexibility index (Phi) is 7.26. The highest BCUT2D eigenvalue weighted by Gasteiger charge is 2.47. The lowest BCUT2D eigenvalue weighted by Crippen LogP contribution is -2.61. The molecule has 208 valence electrons. The minimum atomic E-state index is -2.64. The third-order valence-corrected chi connectivity index (χ3v) is 8.51. The summed E-state index contributed by atoms with van der Waals surface area (Å²) in [7, 11) is 0. The maximum atomic E-state index is 14.0. The first-order valence-corrected chi connectivity index (χ1v) is 13.8. The van der Waals surface area contributed by atoms with Gasteiger partial charge in [0, 0.05) is 73.3 Å². The van der Waals surface area contributed by atoms with Crippen LogP contribution in [0.2, 0.25) is 0 Å². The van der Waals surface area contributed by atoms with Crippen LogP contribution in [0.5, 0.6) is 0 Å². The number of hydrogen-bond donors (Lipinski definition) is 2. The monoisotopic (exact) mass is 539 g/mol. The van der Waals surface area contributed by atoms with Gasteiger partial charge in [0.2, 0.25) is 5.92 Å². The number of carbonyl (C=O) groups is 1. The van der Waals surface area contributed by atoms with Gasteiger partial charge in [-0.15, -0.1) is 0 Å². The Balaban J connectivity index is 1.19. The first-order valence-electron chi connectivity index (χ1n) is 13.8. The molecule has 8 nitrogen and oxygen atoms in total. The standard InChI is InChI=1S/C29H35F2N5O3/c30-29(31)9-7-28(8-10-29,36-13-17-39-18-14-36)20-32-27(37)22-3-6-25-24(19-22)26(34-33-25)21-1-4-23(5-2-21)35-11-15-38-16-12-35/h1-6,19H,7-18,20H2,(H,32,37)(H,33,34). The van der Waals surface area contributed by atoms with E-state index in [0.717, 1.165) is 54.2 Å².